The summed E-state index contributed by atoms with van der Waals surface area (Å²) >= 11 is 0. The summed E-state index contributed by atoms with van der Waals surface area (Å²) in [5.41, 5.74) is 1.70. The number of benzene rings is 2. The molecule has 2 aromatic rings. The van der Waals surface area contributed by atoms with Crippen LogP contribution >= 0.6 is 0 Å². The topological polar surface area (TPSA) is 55.4 Å². The van der Waals surface area contributed by atoms with Gasteiger partial charge >= 0.3 is 0 Å². The van der Waals surface area contributed by atoms with Gasteiger partial charge in [0.15, 0.2) is 23.1 Å². The normalized spacial score (nSPS) is 12.8. The fraction of sp³-hybridized carbons (Fsp3) is 0.263. The Bertz CT molecular complexity index is 849. The van der Waals surface area contributed by atoms with E-state index in [4.69, 9.17) is 4.74 Å². The van der Waals surface area contributed by atoms with Gasteiger partial charge in [-0.25, -0.2) is 8.78 Å². The van der Waals surface area contributed by atoms with E-state index in [1.807, 2.05) is 6.92 Å². The number of hydrogen-bond donors (Lipinski definition) is 1. The number of aryl methyl sites for hydroxylation is 1. The van der Waals surface area contributed by atoms with Crippen molar-refractivity contribution in [1.29, 1.82) is 0 Å². The fourth-order valence-electron chi connectivity index (χ4n) is 2.77. The second-order valence-corrected chi connectivity index (χ2v) is 5.90. The van der Waals surface area contributed by atoms with Gasteiger partial charge in [0.05, 0.1) is 5.69 Å². The van der Waals surface area contributed by atoms with Crippen molar-refractivity contribution >= 4 is 17.4 Å². The highest BCUT2D eigenvalue weighted by Gasteiger charge is 2.23. The summed E-state index contributed by atoms with van der Waals surface area (Å²) in [4.78, 5) is 23.9. The van der Waals surface area contributed by atoms with Crippen molar-refractivity contribution in [1.82, 2.24) is 0 Å². The van der Waals surface area contributed by atoms with Crippen LogP contribution in [0.2, 0.25) is 0 Å². The van der Waals surface area contributed by atoms with Crippen LogP contribution < -0.4 is 10.1 Å². The third-order valence-electron chi connectivity index (χ3n) is 3.99. The molecule has 0 atom stereocenters. The molecule has 0 unspecified atom stereocenters. The van der Waals surface area contributed by atoms with Crippen LogP contribution in [-0.2, 0) is 11.2 Å². The Kier molecular flexibility index (Phi) is 4.79. The molecular weight excluding hydrogens is 328 g/mol. The highest BCUT2D eigenvalue weighted by Crippen LogP contribution is 2.37. The van der Waals surface area contributed by atoms with E-state index in [2.05, 4.69) is 5.32 Å². The monoisotopic (exact) mass is 345 g/mol. The molecule has 1 aliphatic rings. The third-order valence-corrected chi connectivity index (χ3v) is 3.99. The zero-order valence-corrected chi connectivity index (χ0v) is 13.7. The molecule has 0 aliphatic heterocycles. The molecule has 0 fully saturated rings. The van der Waals surface area contributed by atoms with Crippen molar-refractivity contribution in [2.24, 2.45) is 0 Å². The van der Waals surface area contributed by atoms with Crippen LogP contribution in [0.5, 0.6) is 11.5 Å². The van der Waals surface area contributed by atoms with E-state index >= 15 is 0 Å². The number of nitrogens with one attached hydrogen (secondary N) is 1. The highest BCUT2D eigenvalue weighted by molar-refractivity contribution is 6.02. The molecule has 1 N–H and O–H groups in total. The number of ketones is 1. The van der Waals surface area contributed by atoms with Gasteiger partial charge in [0, 0.05) is 24.5 Å². The van der Waals surface area contributed by atoms with E-state index < -0.39 is 11.6 Å². The minimum Gasteiger partial charge on any atom is -0.452 e. The number of rotatable bonds is 5. The van der Waals surface area contributed by atoms with Crippen LogP contribution in [0.25, 0.3) is 0 Å². The lowest BCUT2D eigenvalue weighted by molar-refractivity contribution is -0.116. The maximum atomic E-state index is 13.9. The molecule has 25 heavy (non-hydrogen) atoms. The van der Waals surface area contributed by atoms with Gasteiger partial charge in [-0.15, -0.1) is 0 Å². The Morgan fingerprint density at radius 1 is 1.16 bits per heavy atom. The largest absolute Gasteiger partial charge is 0.452 e. The summed E-state index contributed by atoms with van der Waals surface area (Å²) in [6.45, 7) is 1.88. The summed E-state index contributed by atoms with van der Waals surface area (Å²) in [6.07, 6.45) is 2.00. The molecule has 1 amide bonds. The minimum atomic E-state index is -0.863. The molecule has 0 spiro atoms. The zero-order chi connectivity index (χ0) is 18.0. The van der Waals surface area contributed by atoms with Crippen molar-refractivity contribution in [3.05, 3.63) is 53.1 Å². The van der Waals surface area contributed by atoms with Gasteiger partial charge in [-0.05, 0) is 42.7 Å². The van der Waals surface area contributed by atoms with Crippen molar-refractivity contribution in [3.63, 3.8) is 0 Å². The molecule has 6 heteroatoms. The van der Waals surface area contributed by atoms with Gasteiger partial charge < -0.3 is 10.1 Å². The summed E-state index contributed by atoms with van der Waals surface area (Å²) < 4.78 is 32.5. The average molecular weight is 345 g/mol. The first-order valence-corrected chi connectivity index (χ1v) is 8.10. The van der Waals surface area contributed by atoms with Crippen molar-refractivity contribution < 1.29 is 23.1 Å². The van der Waals surface area contributed by atoms with Gasteiger partial charge in [-0.1, -0.05) is 6.92 Å². The molecule has 3 rings (SSSR count). The molecular formula is C19H17F2NO3. The number of carbonyl (C=O) groups excluding carboxylic acids is 2. The highest BCUT2D eigenvalue weighted by atomic mass is 19.1. The molecule has 0 saturated carbocycles. The first kappa shape index (κ1) is 17.1. The smallest absolute Gasteiger partial charge is 0.224 e. The van der Waals surface area contributed by atoms with E-state index in [1.165, 1.54) is 6.07 Å². The Morgan fingerprint density at radius 3 is 2.68 bits per heavy atom. The number of amides is 1. The zero-order valence-electron chi connectivity index (χ0n) is 13.7. The molecule has 0 aromatic heterocycles. The van der Waals surface area contributed by atoms with Gasteiger partial charge in [-0.2, -0.15) is 0 Å². The molecule has 4 nitrogen and oxygen atoms in total. The lowest BCUT2D eigenvalue weighted by Gasteiger charge is -2.15. The molecule has 2 aromatic carbocycles. The van der Waals surface area contributed by atoms with Crippen LogP contribution in [0.1, 0.15) is 42.1 Å². The summed E-state index contributed by atoms with van der Waals surface area (Å²) in [5, 5.41) is 2.74. The van der Waals surface area contributed by atoms with Gasteiger partial charge in [0.25, 0.3) is 0 Å². The van der Waals surface area contributed by atoms with Crippen molar-refractivity contribution in [2.75, 3.05) is 5.32 Å². The number of anilines is 1. The van der Waals surface area contributed by atoms with E-state index in [1.54, 1.807) is 6.07 Å². The fourth-order valence-corrected chi connectivity index (χ4v) is 2.77. The average Bonchev–Trinajstić information content (AvgIpc) is 2.91. The summed E-state index contributed by atoms with van der Waals surface area (Å²) in [7, 11) is 0. The number of carbonyl (C=O) groups is 2. The molecule has 130 valence electrons. The maximum absolute atomic E-state index is 13.9. The third kappa shape index (κ3) is 3.68. The van der Waals surface area contributed by atoms with E-state index in [0.717, 1.165) is 17.7 Å². The molecule has 0 radical (unpaired) electrons. The van der Waals surface area contributed by atoms with Gasteiger partial charge in [-0.3, -0.25) is 9.59 Å². The molecule has 0 bridgehead atoms. The van der Waals surface area contributed by atoms with Crippen LogP contribution in [0.3, 0.4) is 0 Å². The van der Waals surface area contributed by atoms with Crippen LogP contribution in [0.15, 0.2) is 30.3 Å². The Morgan fingerprint density at radius 2 is 1.96 bits per heavy atom. The lowest BCUT2D eigenvalue weighted by Crippen LogP contribution is -2.12. The summed E-state index contributed by atoms with van der Waals surface area (Å²) in [5.74, 6) is -1.83. The van der Waals surface area contributed by atoms with Crippen LogP contribution in [-0.4, -0.2) is 11.7 Å². The Labute approximate surface area is 143 Å². The second kappa shape index (κ2) is 7.01. The molecule has 1 aliphatic carbocycles. The number of halogens is 2. The van der Waals surface area contributed by atoms with E-state index in [-0.39, 0.29) is 23.2 Å². The van der Waals surface area contributed by atoms with Crippen molar-refractivity contribution in [2.45, 2.75) is 32.6 Å². The number of fused-ring (bicyclic) bond motifs is 1. The van der Waals surface area contributed by atoms with Crippen LogP contribution in [0.4, 0.5) is 14.5 Å². The standard InChI is InChI=1S/C19H17F2NO3/c1-2-3-19(24)22-15-8-11-4-6-16(23)13(11)10-18(15)25-17-7-5-12(20)9-14(17)21/h5,7-10H,2-4,6H2,1H3,(H,22,24). The molecule has 0 saturated heterocycles. The number of ether oxygens (including phenoxy) is 1. The SMILES string of the molecule is CCCC(=O)Nc1cc2c(cc1Oc1ccc(F)cc1F)C(=O)CC2. The number of hydrogen-bond acceptors (Lipinski definition) is 3. The van der Waals surface area contributed by atoms with Crippen LogP contribution in [0, 0.1) is 11.6 Å². The minimum absolute atomic E-state index is 0.0223. The lowest BCUT2D eigenvalue weighted by atomic mass is 10.1. The first-order valence-electron chi connectivity index (χ1n) is 8.10. The predicted octanol–water partition coefficient (Wildman–Crippen LogP) is 4.62. The van der Waals surface area contributed by atoms with Crippen molar-refractivity contribution in [3.8, 4) is 11.5 Å². The molecule has 0 heterocycles. The first-order chi connectivity index (χ1) is 12.0. The van der Waals surface area contributed by atoms with E-state index in [0.29, 0.717) is 43.0 Å². The Balaban J connectivity index is 1.98. The predicted molar refractivity (Wildman–Crippen MR) is 89.1 cm³/mol. The maximum Gasteiger partial charge on any atom is 0.224 e. The van der Waals surface area contributed by atoms with E-state index in [9.17, 15) is 18.4 Å². The number of Topliss-reactive ketones (excluding diaryl/α,β-unsaturated/α-hetero) is 1. The second-order valence-electron chi connectivity index (χ2n) is 5.90. The summed E-state index contributed by atoms with van der Waals surface area (Å²) in [6, 6.07) is 6.15. The Hall–Kier alpha value is -2.76. The van der Waals surface area contributed by atoms with Gasteiger partial charge in [0.2, 0.25) is 5.91 Å². The van der Waals surface area contributed by atoms with Gasteiger partial charge in [0.1, 0.15) is 5.82 Å². The quantitative estimate of drug-likeness (QED) is 0.860.